The van der Waals surface area contributed by atoms with Crippen LogP contribution in [0.1, 0.15) is 50.4 Å². The molecule has 3 nitrogen and oxygen atoms in total. The lowest BCUT2D eigenvalue weighted by molar-refractivity contribution is -0.136. The molecule has 2 rings (SSSR count). The minimum atomic E-state index is -0.501. The van der Waals surface area contributed by atoms with Crippen LogP contribution >= 0.6 is 0 Å². The van der Waals surface area contributed by atoms with E-state index in [1.54, 1.807) is 6.92 Å². The van der Waals surface area contributed by atoms with Crippen molar-refractivity contribution in [2.75, 3.05) is 6.61 Å². The highest BCUT2D eigenvalue weighted by molar-refractivity contribution is 6.00. The topological polar surface area (TPSA) is 43.4 Å². The van der Waals surface area contributed by atoms with Crippen LogP contribution in [0.15, 0.2) is 42.0 Å². The second-order valence-electron chi connectivity index (χ2n) is 6.58. The lowest BCUT2D eigenvalue weighted by Gasteiger charge is -2.33. The molecule has 1 aliphatic carbocycles. The van der Waals surface area contributed by atoms with Gasteiger partial charge in [0.15, 0.2) is 5.78 Å². The predicted octanol–water partition coefficient (Wildman–Crippen LogP) is 4.19. The van der Waals surface area contributed by atoms with E-state index in [2.05, 4.69) is 17.9 Å². The summed E-state index contributed by atoms with van der Waals surface area (Å²) in [6.45, 7) is 6.07. The standard InChI is InChI=1S/C21H24O3/c1-4-24-19(22)14-13-16-9-8-12-18(15-16)21(2,3)20(23)17-10-6-5-7-11-17/h5-7,10-11,15,18H,4,8-9,12H2,1-3H3. The highest BCUT2D eigenvalue weighted by Crippen LogP contribution is 2.39. The van der Waals surface area contributed by atoms with Gasteiger partial charge < -0.3 is 4.74 Å². The largest absolute Gasteiger partial charge is 0.456 e. The Morgan fingerprint density at radius 2 is 1.96 bits per heavy atom. The molecule has 3 heteroatoms. The van der Waals surface area contributed by atoms with Crippen LogP contribution in [0, 0.1) is 23.2 Å². The first-order valence-electron chi connectivity index (χ1n) is 8.44. The van der Waals surface area contributed by atoms with Gasteiger partial charge in [0.25, 0.3) is 0 Å². The van der Waals surface area contributed by atoms with E-state index in [1.807, 2.05) is 44.2 Å². The van der Waals surface area contributed by atoms with Crippen molar-refractivity contribution < 1.29 is 14.3 Å². The Morgan fingerprint density at radius 3 is 2.62 bits per heavy atom. The van der Waals surface area contributed by atoms with E-state index in [-0.39, 0.29) is 11.7 Å². The Balaban J connectivity index is 2.19. The lowest BCUT2D eigenvalue weighted by atomic mass is 9.69. The van der Waals surface area contributed by atoms with Gasteiger partial charge in [0, 0.05) is 16.9 Å². The number of ether oxygens (including phenoxy) is 1. The summed E-state index contributed by atoms with van der Waals surface area (Å²) in [4.78, 5) is 24.3. The zero-order valence-electron chi connectivity index (χ0n) is 14.6. The molecule has 1 atom stereocenters. The molecule has 0 fully saturated rings. The fraction of sp³-hybridized carbons (Fsp3) is 0.429. The first kappa shape index (κ1) is 18.0. The molecule has 0 aliphatic heterocycles. The van der Waals surface area contributed by atoms with Crippen molar-refractivity contribution in [1.82, 2.24) is 0 Å². The molecule has 0 radical (unpaired) electrons. The third-order valence-electron chi connectivity index (χ3n) is 4.51. The second-order valence-corrected chi connectivity index (χ2v) is 6.58. The first-order valence-corrected chi connectivity index (χ1v) is 8.44. The van der Waals surface area contributed by atoms with Crippen molar-refractivity contribution >= 4 is 11.8 Å². The Hall–Kier alpha value is -2.34. The van der Waals surface area contributed by atoms with Crippen LogP contribution in [0.25, 0.3) is 0 Å². The minimum absolute atomic E-state index is 0.116. The molecule has 0 heterocycles. The molecular formula is C21H24O3. The predicted molar refractivity (Wildman–Crippen MR) is 94.4 cm³/mol. The molecule has 126 valence electrons. The molecule has 0 spiro atoms. The van der Waals surface area contributed by atoms with Crippen molar-refractivity contribution in [2.24, 2.45) is 11.3 Å². The maximum absolute atomic E-state index is 12.9. The summed E-state index contributed by atoms with van der Waals surface area (Å²) >= 11 is 0. The molecule has 1 aromatic rings. The molecule has 0 N–H and O–H groups in total. The number of ketones is 1. The van der Waals surface area contributed by atoms with E-state index in [1.165, 1.54) is 0 Å². The van der Waals surface area contributed by atoms with E-state index in [9.17, 15) is 9.59 Å². The Kier molecular flexibility index (Phi) is 5.98. The molecular weight excluding hydrogens is 300 g/mol. The van der Waals surface area contributed by atoms with Crippen LogP contribution in [0.2, 0.25) is 0 Å². The van der Waals surface area contributed by atoms with Gasteiger partial charge in [0.1, 0.15) is 0 Å². The van der Waals surface area contributed by atoms with Crippen LogP contribution in [0.3, 0.4) is 0 Å². The van der Waals surface area contributed by atoms with Gasteiger partial charge >= 0.3 is 5.97 Å². The number of Topliss-reactive ketones (excluding diaryl/α,β-unsaturated/α-hetero) is 1. The van der Waals surface area contributed by atoms with Crippen LogP contribution < -0.4 is 0 Å². The van der Waals surface area contributed by atoms with Crippen LogP contribution in [-0.2, 0) is 9.53 Å². The van der Waals surface area contributed by atoms with E-state index in [4.69, 9.17) is 4.74 Å². The number of hydrogen-bond donors (Lipinski definition) is 0. The number of benzene rings is 1. The maximum atomic E-state index is 12.9. The summed E-state index contributed by atoms with van der Waals surface area (Å²) in [6, 6.07) is 9.40. The molecule has 0 bridgehead atoms. The minimum Gasteiger partial charge on any atom is -0.456 e. The highest BCUT2D eigenvalue weighted by atomic mass is 16.5. The average Bonchev–Trinajstić information content (AvgIpc) is 2.60. The van der Waals surface area contributed by atoms with Crippen molar-refractivity contribution in [2.45, 2.75) is 40.0 Å². The average molecular weight is 324 g/mol. The normalized spacial score (nSPS) is 17.3. The summed E-state index contributed by atoms with van der Waals surface area (Å²) in [5, 5.41) is 0. The van der Waals surface area contributed by atoms with Crippen molar-refractivity contribution in [3.63, 3.8) is 0 Å². The Labute approximate surface area is 144 Å². The molecule has 0 amide bonds. The summed E-state index contributed by atoms with van der Waals surface area (Å²) < 4.78 is 4.83. The van der Waals surface area contributed by atoms with E-state index in [0.29, 0.717) is 6.61 Å². The van der Waals surface area contributed by atoms with Gasteiger partial charge in [-0.2, -0.15) is 0 Å². The smallest absolute Gasteiger partial charge is 0.384 e. The number of hydrogen-bond acceptors (Lipinski definition) is 3. The van der Waals surface area contributed by atoms with E-state index >= 15 is 0 Å². The second kappa shape index (κ2) is 7.97. The van der Waals surface area contributed by atoms with Crippen molar-refractivity contribution in [3.8, 4) is 11.8 Å². The fourth-order valence-electron chi connectivity index (χ4n) is 3.02. The van der Waals surface area contributed by atoms with Gasteiger partial charge in [-0.1, -0.05) is 56.2 Å². The number of carbonyl (C=O) groups excluding carboxylic acids is 2. The van der Waals surface area contributed by atoms with Gasteiger partial charge in [-0.3, -0.25) is 4.79 Å². The molecule has 0 saturated heterocycles. The zero-order chi connectivity index (χ0) is 17.6. The number of carbonyl (C=O) groups is 2. The molecule has 0 aromatic heterocycles. The molecule has 1 aromatic carbocycles. The van der Waals surface area contributed by atoms with Crippen molar-refractivity contribution in [1.29, 1.82) is 0 Å². The molecule has 0 saturated carbocycles. The fourth-order valence-corrected chi connectivity index (χ4v) is 3.02. The number of rotatable bonds is 4. The van der Waals surface area contributed by atoms with Crippen LogP contribution in [0.5, 0.6) is 0 Å². The lowest BCUT2D eigenvalue weighted by Crippen LogP contribution is -2.33. The number of allylic oxidation sites excluding steroid dienone is 2. The zero-order valence-corrected chi connectivity index (χ0v) is 14.6. The summed E-state index contributed by atoms with van der Waals surface area (Å²) in [7, 11) is 0. The molecule has 24 heavy (non-hydrogen) atoms. The third-order valence-corrected chi connectivity index (χ3v) is 4.51. The summed E-state index contributed by atoms with van der Waals surface area (Å²) in [5.74, 6) is 5.19. The third kappa shape index (κ3) is 4.35. The molecule has 1 aliphatic rings. The Bertz CT molecular complexity index is 687. The van der Waals surface area contributed by atoms with E-state index in [0.717, 1.165) is 30.4 Å². The van der Waals surface area contributed by atoms with Gasteiger partial charge in [-0.05, 0) is 37.7 Å². The quantitative estimate of drug-likeness (QED) is 0.361. The summed E-state index contributed by atoms with van der Waals surface area (Å²) in [5.41, 5.74) is 1.16. The van der Waals surface area contributed by atoms with Gasteiger partial charge in [-0.25, -0.2) is 4.79 Å². The SMILES string of the molecule is CCOC(=O)C#CC1=CC(C(C)(C)C(=O)c2ccccc2)CCC1. The van der Waals surface area contributed by atoms with Crippen LogP contribution in [0.4, 0.5) is 0 Å². The monoisotopic (exact) mass is 324 g/mol. The number of esters is 1. The Morgan fingerprint density at radius 1 is 1.25 bits per heavy atom. The van der Waals surface area contributed by atoms with E-state index < -0.39 is 11.4 Å². The highest BCUT2D eigenvalue weighted by Gasteiger charge is 2.36. The van der Waals surface area contributed by atoms with Gasteiger partial charge in [0.2, 0.25) is 0 Å². The van der Waals surface area contributed by atoms with Gasteiger partial charge in [0.05, 0.1) is 6.61 Å². The van der Waals surface area contributed by atoms with Crippen molar-refractivity contribution in [3.05, 3.63) is 47.5 Å². The summed E-state index contributed by atoms with van der Waals surface area (Å²) in [6.07, 6.45) is 4.84. The van der Waals surface area contributed by atoms with Crippen LogP contribution in [-0.4, -0.2) is 18.4 Å². The maximum Gasteiger partial charge on any atom is 0.384 e. The molecule has 1 unspecified atom stereocenters. The first-order chi connectivity index (χ1) is 11.4. The van der Waals surface area contributed by atoms with Gasteiger partial charge in [-0.15, -0.1) is 0 Å².